The van der Waals surface area contributed by atoms with Crippen LogP contribution in [0.4, 0.5) is 0 Å². The lowest BCUT2D eigenvalue weighted by molar-refractivity contribution is 0.0795. The van der Waals surface area contributed by atoms with E-state index in [4.69, 9.17) is 9.47 Å². The van der Waals surface area contributed by atoms with Gasteiger partial charge in [-0.2, -0.15) is 0 Å². The van der Waals surface area contributed by atoms with Crippen molar-refractivity contribution in [1.82, 2.24) is 4.90 Å². The van der Waals surface area contributed by atoms with Gasteiger partial charge >= 0.3 is 0 Å². The van der Waals surface area contributed by atoms with Gasteiger partial charge in [0, 0.05) is 30.6 Å². The first-order valence-corrected chi connectivity index (χ1v) is 6.79. The fourth-order valence-electron chi connectivity index (χ4n) is 1.55. The van der Waals surface area contributed by atoms with Crippen LogP contribution in [-0.4, -0.2) is 43.9 Å². The van der Waals surface area contributed by atoms with Crippen LogP contribution in [0.15, 0.2) is 18.2 Å². The van der Waals surface area contributed by atoms with Gasteiger partial charge in [-0.15, -0.1) is 0 Å². The fraction of sp³-hybridized carbons (Fsp3) is 0.462. The van der Waals surface area contributed by atoms with Crippen molar-refractivity contribution in [3.63, 3.8) is 0 Å². The second-order valence-electron chi connectivity index (χ2n) is 3.87. The lowest BCUT2D eigenvalue weighted by atomic mass is 10.1. The number of carbonyl (C=O) groups excluding carboxylic acids is 1. The molecule has 0 aliphatic heterocycles. The quantitative estimate of drug-likeness (QED) is 0.757. The molecule has 18 heavy (non-hydrogen) atoms. The van der Waals surface area contributed by atoms with Gasteiger partial charge in [-0.05, 0) is 18.6 Å². The molecular weight excluding hydrogens is 298 g/mol. The molecule has 1 aromatic rings. The Morgan fingerprint density at radius 2 is 1.78 bits per heavy atom. The van der Waals surface area contributed by atoms with Crippen molar-refractivity contribution in [3.8, 4) is 11.5 Å². The number of halogens is 1. The van der Waals surface area contributed by atoms with Crippen molar-refractivity contribution in [1.29, 1.82) is 0 Å². The zero-order valence-electron chi connectivity index (χ0n) is 10.9. The summed E-state index contributed by atoms with van der Waals surface area (Å²) in [6, 6.07) is 5.18. The molecular formula is C13H18BrNO3. The number of methoxy groups -OCH3 is 2. The van der Waals surface area contributed by atoms with Gasteiger partial charge in [-0.1, -0.05) is 15.9 Å². The average Bonchev–Trinajstić information content (AvgIpc) is 2.43. The molecule has 0 aromatic heterocycles. The fourth-order valence-corrected chi connectivity index (χ4v) is 1.80. The van der Waals surface area contributed by atoms with Gasteiger partial charge in [0.25, 0.3) is 5.91 Å². The summed E-state index contributed by atoms with van der Waals surface area (Å²) in [6.45, 7) is 0.712. The molecule has 0 unspecified atom stereocenters. The maximum absolute atomic E-state index is 12.2. The Labute approximate surface area is 116 Å². The highest BCUT2D eigenvalue weighted by molar-refractivity contribution is 9.09. The minimum Gasteiger partial charge on any atom is -0.497 e. The van der Waals surface area contributed by atoms with Crippen LogP contribution in [-0.2, 0) is 0 Å². The molecule has 0 aliphatic rings. The smallest absolute Gasteiger partial charge is 0.253 e. The largest absolute Gasteiger partial charge is 0.497 e. The monoisotopic (exact) mass is 315 g/mol. The topological polar surface area (TPSA) is 38.8 Å². The first-order chi connectivity index (χ1) is 8.62. The number of ether oxygens (including phenoxy) is 2. The Hall–Kier alpha value is -1.23. The molecule has 1 rings (SSSR count). The summed E-state index contributed by atoms with van der Waals surface area (Å²) in [5, 5.41) is 0.881. The van der Waals surface area contributed by atoms with Gasteiger partial charge in [-0.25, -0.2) is 0 Å². The first kappa shape index (κ1) is 14.8. The van der Waals surface area contributed by atoms with E-state index in [1.165, 1.54) is 0 Å². The van der Waals surface area contributed by atoms with Crippen LogP contribution in [0.1, 0.15) is 16.8 Å². The van der Waals surface area contributed by atoms with E-state index in [2.05, 4.69) is 15.9 Å². The van der Waals surface area contributed by atoms with E-state index in [9.17, 15) is 4.79 Å². The zero-order chi connectivity index (χ0) is 13.5. The van der Waals surface area contributed by atoms with Gasteiger partial charge in [0.05, 0.1) is 14.2 Å². The molecule has 0 fully saturated rings. The molecule has 1 aromatic carbocycles. The molecule has 0 radical (unpaired) electrons. The molecule has 0 atom stereocenters. The van der Waals surface area contributed by atoms with Crippen LogP contribution in [0.5, 0.6) is 11.5 Å². The van der Waals surface area contributed by atoms with E-state index in [1.807, 2.05) is 0 Å². The number of amides is 1. The molecule has 0 aliphatic carbocycles. The maximum Gasteiger partial charge on any atom is 0.253 e. The summed E-state index contributed by atoms with van der Waals surface area (Å²) in [5.41, 5.74) is 0.572. The van der Waals surface area contributed by atoms with Crippen LogP contribution >= 0.6 is 15.9 Å². The van der Waals surface area contributed by atoms with Crippen molar-refractivity contribution in [2.75, 3.05) is 33.1 Å². The van der Waals surface area contributed by atoms with Crippen molar-refractivity contribution < 1.29 is 14.3 Å². The molecule has 0 saturated heterocycles. The van der Waals surface area contributed by atoms with Crippen molar-refractivity contribution in [2.45, 2.75) is 6.42 Å². The predicted molar refractivity (Wildman–Crippen MR) is 74.9 cm³/mol. The number of nitrogens with zero attached hydrogens (tertiary/aromatic N) is 1. The van der Waals surface area contributed by atoms with Crippen molar-refractivity contribution >= 4 is 21.8 Å². The molecule has 0 saturated carbocycles. The first-order valence-electron chi connectivity index (χ1n) is 5.67. The van der Waals surface area contributed by atoms with Crippen LogP contribution in [0.2, 0.25) is 0 Å². The third kappa shape index (κ3) is 3.91. The summed E-state index contributed by atoms with van der Waals surface area (Å²) < 4.78 is 10.3. The highest BCUT2D eigenvalue weighted by Crippen LogP contribution is 2.23. The minimum atomic E-state index is -0.0341. The Kier molecular flexibility index (Phi) is 5.98. The summed E-state index contributed by atoms with van der Waals surface area (Å²) in [4.78, 5) is 13.9. The molecule has 0 spiro atoms. The Morgan fingerprint density at radius 1 is 1.22 bits per heavy atom. The Bertz CT molecular complexity index is 387. The van der Waals surface area contributed by atoms with Crippen molar-refractivity contribution in [2.24, 2.45) is 0 Å². The molecule has 0 bridgehead atoms. The molecule has 100 valence electrons. The summed E-state index contributed by atoms with van der Waals surface area (Å²) in [6.07, 6.45) is 0.920. The molecule has 0 N–H and O–H groups in total. The van der Waals surface area contributed by atoms with E-state index in [0.717, 1.165) is 11.8 Å². The summed E-state index contributed by atoms with van der Waals surface area (Å²) in [7, 11) is 4.92. The van der Waals surface area contributed by atoms with Crippen LogP contribution < -0.4 is 9.47 Å². The summed E-state index contributed by atoms with van der Waals surface area (Å²) in [5.74, 6) is 1.20. The van der Waals surface area contributed by atoms with E-state index in [-0.39, 0.29) is 5.91 Å². The Morgan fingerprint density at radius 3 is 2.22 bits per heavy atom. The van der Waals surface area contributed by atoms with E-state index >= 15 is 0 Å². The van der Waals surface area contributed by atoms with E-state index in [1.54, 1.807) is 44.4 Å². The van der Waals surface area contributed by atoms with Gasteiger partial charge in [-0.3, -0.25) is 4.79 Å². The number of rotatable bonds is 6. The van der Waals surface area contributed by atoms with Gasteiger partial charge in [0.15, 0.2) is 0 Å². The average molecular weight is 316 g/mol. The second kappa shape index (κ2) is 7.26. The van der Waals surface area contributed by atoms with Gasteiger partial charge in [0.1, 0.15) is 11.5 Å². The van der Waals surface area contributed by atoms with E-state index in [0.29, 0.717) is 23.6 Å². The van der Waals surface area contributed by atoms with Crippen LogP contribution in [0.3, 0.4) is 0 Å². The highest BCUT2D eigenvalue weighted by Gasteiger charge is 2.13. The number of alkyl halides is 1. The SMILES string of the molecule is COc1cc(OC)cc(C(=O)N(C)CCCBr)c1. The standard InChI is InChI=1S/C13H18BrNO3/c1-15(6-4-5-14)13(16)10-7-11(17-2)9-12(8-10)18-3/h7-9H,4-6H2,1-3H3. The molecule has 5 heteroatoms. The zero-order valence-corrected chi connectivity index (χ0v) is 12.5. The molecule has 0 heterocycles. The number of carbonyl (C=O) groups is 1. The number of benzene rings is 1. The normalized spacial score (nSPS) is 10.0. The third-order valence-electron chi connectivity index (χ3n) is 2.57. The third-order valence-corrected chi connectivity index (χ3v) is 3.13. The molecule has 1 amide bonds. The predicted octanol–water partition coefficient (Wildman–Crippen LogP) is 2.56. The van der Waals surface area contributed by atoms with Crippen molar-refractivity contribution in [3.05, 3.63) is 23.8 Å². The lowest BCUT2D eigenvalue weighted by Gasteiger charge is -2.17. The number of hydrogen-bond donors (Lipinski definition) is 0. The Balaban J connectivity index is 2.90. The second-order valence-corrected chi connectivity index (χ2v) is 4.66. The lowest BCUT2D eigenvalue weighted by Crippen LogP contribution is -2.28. The number of hydrogen-bond acceptors (Lipinski definition) is 3. The molecule has 4 nitrogen and oxygen atoms in total. The van der Waals surface area contributed by atoms with Crippen LogP contribution in [0.25, 0.3) is 0 Å². The highest BCUT2D eigenvalue weighted by atomic mass is 79.9. The van der Waals surface area contributed by atoms with Gasteiger partial charge in [0.2, 0.25) is 0 Å². The van der Waals surface area contributed by atoms with E-state index < -0.39 is 0 Å². The van der Waals surface area contributed by atoms with Gasteiger partial charge < -0.3 is 14.4 Å². The van der Waals surface area contributed by atoms with Crippen LogP contribution in [0, 0.1) is 0 Å². The maximum atomic E-state index is 12.2. The minimum absolute atomic E-state index is 0.0341. The summed E-state index contributed by atoms with van der Waals surface area (Å²) >= 11 is 3.35.